The highest BCUT2D eigenvalue weighted by atomic mass is 79.9. The molecule has 36 heavy (non-hydrogen) atoms. The molecule has 0 heterocycles. The van der Waals surface area contributed by atoms with E-state index in [0.717, 1.165) is 15.8 Å². The predicted molar refractivity (Wildman–Crippen MR) is 159 cm³/mol. The molecule has 6 N–H and O–H groups in total. The Morgan fingerprint density at radius 2 is 1.08 bits per heavy atom. The molecule has 0 aliphatic heterocycles. The van der Waals surface area contributed by atoms with Crippen molar-refractivity contribution in [2.75, 3.05) is 11.5 Å². The van der Waals surface area contributed by atoms with Gasteiger partial charge in [0.15, 0.2) is 0 Å². The van der Waals surface area contributed by atoms with Crippen molar-refractivity contribution in [1.82, 2.24) is 0 Å². The number of hydrogen-bond donors (Lipinski definition) is 4. The summed E-state index contributed by atoms with van der Waals surface area (Å²) in [5, 5.41) is 17.2. The molecule has 0 fully saturated rings. The van der Waals surface area contributed by atoms with Gasteiger partial charge in [0.25, 0.3) is 0 Å². The van der Waals surface area contributed by atoms with Gasteiger partial charge in [-0.2, -0.15) is 0 Å². The number of benzene rings is 4. The number of hydrogen-bond acceptors (Lipinski definition) is 4. The maximum atomic E-state index is 8.58. The first-order chi connectivity index (χ1) is 17.1. The van der Waals surface area contributed by atoms with Gasteiger partial charge in [-0.15, -0.1) is 0 Å². The van der Waals surface area contributed by atoms with Crippen molar-refractivity contribution in [2.24, 2.45) is 0 Å². The lowest BCUT2D eigenvalue weighted by molar-refractivity contribution is 0.426. The highest BCUT2D eigenvalue weighted by Gasteiger charge is 2.08. The van der Waals surface area contributed by atoms with E-state index in [9.17, 15) is 0 Å². The monoisotopic (exact) mass is 546 g/mol. The fourth-order valence-electron chi connectivity index (χ4n) is 3.56. The van der Waals surface area contributed by atoms with Crippen LogP contribution in [0.2, 0.25) is 0 Å². The van der Waals surface area contributed by atoms with Crippen LogP contribution in [0.1, 0.15) is 50.7 Å². The number of rotatable bonds is 4. The van der Waals surface area contributed by atoms with E-state index < -0.39 is 7.12 Å². The van der Waals surface area contributed by atoms with Crippen LogP contribution in [0.5, 0.6) is 0 Å². The Morgan fingerprint density at radius 3 is 1.53 bits per heavy atom. The zero-order chi connectivity index (χ0) is 26.7. The molecular formula is C30H36BBrN2O2. The lowest BCUT2D eigenvalue weighted by atomic mass is 9.81. The minimum absolute atomic E-state index is 0.462. The number of halogens is 1. The molecule has 0 atom stereocenters. The van der Waals surface area contributed by atoms with Gasteiger partial charge in [0, 0.05) is 15.8 Å². The molecule has 6 heteroatoms. The Kier molecular flexibility index (Phi) is 11.7. The van der Waals surface area contributed by atoms with Crippen molar-refractivity contribution in [3.63, 3.8) is 0 Å². The quantitative estimate of drug-likeness (QED) is 0.172. The van der Waals surface area contributed by atoms with Gasteiger partial charge in [-0.3, -0.25) is 0 Å². The van der Waals surface area contributed by atoms with Gasteiger partial charge in [0.1, 0.15) is 0 Å². The second-order valence-corrected chi connectivity index (χ2v) is 9.99. The lowest BCUT2D eigenvalue weighted by Crippen LogP contribution is -2.29. The second kappa shape index (κ2) is 14.5. The Bertz CT molecular complexity index is 1200. The largest absolute Gasteiger partial charge is 0.488 e. The van der Waals surface area contributed by atoms with Crippen LogP contribution < -0.4 is 16.9 Å². The molecule has 0 radical (unpaired) electrons. The van der Waals surface area contributed by atoms with Gasteiger partial charge in [-0.1, -0.05) is 110 Å². The zero-order valence-corrected chi connectivity index (χ0v) is 23.0. The van der Waals surface area contributed by atoms with E-state index in [4.69, 9.17) is 21.5 Å². The SMILES string of the molecule is CC(C)c1cc(-c2ccccc2)ccc1N.CC(C)c1cc(Br)ccc1N.OB(O)c1ccccc1. The molecule has 188 valence electrons. The van der Waals surface area contributed by atoms with Crippen LogP contribution in [0.25, 0.3) is 11.1 Å². The molecule has 0 aliphatic carbocycles. The Labute approximate surface area is 224 Å². The zero-order valence-electron chi connectivity index (χ0n) is 21.4. The molecule has 0 aliphatic rings. The summed E-state index contributed by atoms with van der Waals surface area (Å²) in [7, 11) is -1.34. The topological polar surface area (TPSA) is 92.5 Å². The third-order valence-corrected chi connectivity index (χ3v) is 6.08. The van der Waals surface area contributed by atoms with Crippen molar-refractivity contribution in [3.8, 4) is 11.1 Å². The van der Waals surface area contributed by atoms with E-state index in [0.29, 0.717) is 17.3 Å². The van der Waals surface area contributed by atoms with E-state index >= 15 is 0 Å². The van der Waals surface area contributed by atoms with Crippen molar-refractivity contribution in [2.45, 2.75) is 39.5 Å². The van der Waals surface area contributed by atoms with Gasteiger partial charge >= 0.3 is 7.12 Å². The molecule has 0 aromatic heterocycles. The lowest BCUT2D eigenvalue weighted by Gasteiger charge is -2.11. The average Bonchev–Trinajstić information content (AvgIpc) is 2.87. The molecule has 0 saturated heterocycles. The third-order valence-electron chi connectivity index (χ3n) is 5.58. The summed E-state index contributed by atoms with van der Waals surface area (Å²) in [6, 6.07) is 31.3. The number of nitrogens with two attached hydrogens (primary N) is 2. The highest BCUT2D eigenvalue weighted by molar-refractivity contribution is 9.10. The maximum absolute atomic E-state index is 8.58. The molecule has 4 rings (SSSR count). The smallest absolute Gasteiger partial charge is 0.423 e. The van der Waals surface area contributed by atoms with E-state index in [1.165, 1.54) is 22.3 Å². The Hall–Kier alpha value is -3.06. The van der Waals surface area contributed by atoms with Gasteiger partial charge < -0.3 is 21.5 Å². The second-order valence-electron chi connectivity index (χ2n) is 9.08. The number of anilines is 2. The van der Waals surface area contributed by atoms with Gasteiger partial charge in [0.2, 0.25) is 0 Å². The van der Waals surface area contributed by atoms with Crippen LogP contribution in [0.4, 0.5) is 11.4 Å². The van der Waals surface area contributed by atoms with Crippen molar-refractivity contribution in [1.29, 1.82) is 0 Å². The van der Waals surface area contributed by atoms with Crippen LogP contribution in [0.3, 0.4) is 0 Å². The summed E-state index contributed by atoms with van der Waals surface area (Å²) in [4.78, 5) is 0. The Balaban J connectivity index is 0.000000200. The molecule has 4 nitrogen and oxygen atoms in total. The summed E-state index contributed by atoms with van der Waals surface area (Å²) < 4.78 is 1.09. The van der Waals surface area contributed by atoms with Crippen LogP contribution in [-0.4, -0.2) is 17.2 Å². The average molecular weight is 547 g/mol. The highest BCUT2D eigenvalue weighted by Crippen LogP contribution is 2.28. The predicted octanol–water partition coefficient (Wildman–Crippen LogP) is 6.58. The third kappa shape index (κ3) is 9.19. The van der Waals surface area contributed by atoms with Gasteiger partial charge in [-0.05, 0) is 69.9 Å². The van der Waals surface area contributed by atoms with Gasteiger partial charge in [0.05, 0.1) is 0 Å². The summed E-state index contributed by atoms with van der Waals surface area (Å²) in [6.45, 7) is 8.61. The molecule has 0 saturated carbocycles. The van der Waals surface area contributed by atoms with Crippen LogP contribution in [0.15, 0.2) is 102 Å². The van der Waals surface area contributed by atoms with Crippen molar-refractivity contribution in [3.05, 3.63) is 113 Å². The van der Waals surface area contributed by atoms with Crippen LogP contribution in [-0.2, 0) is 0 Å². The van der Waals surface area contributed by atoms with E-state index in [1.807, 2.05) is 30.3 Å². The van der Waals surface area contributed by atoms with E-state index in [2.05, 4.69) is 86.1 Å². The molecule has 0 unspecified atom stereocenters. The van der Waals surface area contributed by atoms with Crippen molar-refractivity contribution < 1.29 is 10.0 Å². The van der Waals surface area contributed by atoms with Crippen molar-refractivity contribution >= 4 is 39.9 Å². The molecular weight excluding hydrogens is 511 g/mol. The fraction of sp³-hybridized carbons (Fsp3) is 0.200. The number of nitrogen functional groups attached to an aromatic ring is 2. The summed E-state index contributed by atoms with van der Waals surface area (Å²) in [6.07, 6.45) is 0. The first kappa shape index (κ1) is 29.2. The molecule has 0 spiro atoms. The molecule has 4 aromatic rings. The molecule has 0 bridgehead atoms. The van der Waals surface area contributed by atoms with E-state index in [1.54, 1.807) is 24.3 Å². The minimum Gasteiger partial charge on any atom is -0.423 e. The fourth-order valence-corrected chi connectivity index (χ4v) is 3.93. The first-order valence-corrected chi connectivity index (χ1v) is 12.8. The first-order valence-electron chi connectivity index (χ1n) is 12.0. The standard InChI is InChI=1S/C15H17N.C9H12BrN.C6H7BO2/c1-11(2)14-10-13(8-9-15(14)16)12-6-4-3-5-7-12;1-6(2)8-5-7(10)3-4-9(8)11;8-7(9)6-4-2-1-3-5-6/h3-11H,16H2,1-2H3;3-6H,11H2,1-2H3;1-5,8-9H. The van der Waals surface area contributed by atoms with Crippen LogP contribution >= 0.6 is 15.9 Å². The summed E-state index contributed by atoms with van der Waals surface area (Å²) >= 11 is 3.41. The normalized spacial score (nSPS) is 10.2. The maximum Gasteiger partial charge on any atom is 0.488 e. The van der Waals surface area contributed by atoms with E-state index in [-0.39, 0.29) is 0 Å². The molecule has 4 aromatic carbocycles. The Morgan fingerprint density at radius 1 is 0.611 bits per heavy atom. The molecule has 0 amide bonds. The summed E-state index contributed by atoms with van der Waals surface area (Å²) in [5.41, 5.74) is 18.9. The van der Waals surface area contributed by atoms with Gasteiger partial charge in [-0.25, -0.2) is 0 Å². The van der Waals surface area contributed by atoms with Crippen LogP contribution in [0, 0.1) is 0 Å². The summed E-state index contributed by atoms with van der Waals surface area (Å²) in [5.74, 6) is 0.955. The minimum atomic E-state index is -1.34.